The molecule has 0 bridgehead atoms. The fraction of sp³-hybridized carbons (Fsp3) is 0.0870. The Morgan fingerprint density at radius 3 is 2.44 bits per heavy atom. The van der Waals surface area contributed by atoms with E-state index in [1.54, 1.807) is 41.9 Å². The van der Waals surface area contributed by atoms with Crippen molar-refractivity contribution in [3.8, 4) is 11.6 Å². The van der Waals surface area contributed by atoms with Crippen molar-refractivity contribution in [2.75, 3.05) is 0 Å². The SMILES string of the molecule is Cn1c(O)c(N=NC(=O)c2ccc(COc3ccc([N+](=O)[O-])cc3)cc2)c2ccccc21. The molecule has 4 rings (SSSR count). The first-order chi connectivity index (χ1) is 15.4. The minimum Gasteiger partial charge on any atom is -0.493 e. The Labute approximate surface area is 182 Å². The molecule has 1 heterocycles. The second-order valence-electron chi connectivity index (χ2n) is 6.99. The van der Waals surface area contributed by atoms with Gasteiger partial charge in [-0.25, -0.2) is 0 Å². The van der Waals surface area contributed by atoms with E-state index in [1.165, 1.54) is 24.3 Å². The van der Waals surface area contributed by atoms with E-state index >= 15 is 0 Å². The summed E-state index contributed by atoms with van der Waals surface area (Å²) in [6, 6.07) is 19.8. The predicted molar refractivity (Wildman–Crippen MR) is 117 cm³/mol. The number of ether oxygens (including phenoxy) is 1. The third-order valence-corrected chi connectivity index (χ3v) is 4.94. The Morgan fingerprint density at radius 2 is 1.75 bits per heavy atom. The van der Waals surface area contributed by atoms with Crippen LogP contribution in [0.25, 0.3) is 10.9 Å². The van der Waals surface area contributed by atoms with Crippen LogP contribution in [0.3, 0.4) is 0 Å². The maximum absolute atomic E-state index is 12.4. The third kappa shape index (κ3) is 4.17. The number of para-hydroxylation sites is 1. The number of fused-ring (bicyclic) bond motifs is 1. The van der Waals surface area contributed by atoms with Crippen LogP contribution in [0, 0.1) is 10.1 Å². The molecule has 9 nitrogen and oxygen atoms in total. The summed E-state index contributed by atoms with van der Waals surface area (Å²) in [4.78, 5) is 22.6. The lowest BCUT2D eigenvalue weighted by atomic mass is 10.1. The molecular weight excluding hydrogens is 412 g/mol. The van der Waals surface area contributed by atoms with Gasteiger partial charge < -0.3 is 14.4 Å². The largest absolute Gasteiger partial charge is 0.493 e. The zero-order chi connectivity index (χ0) is 22.7. The van der Waals surface area contributed by atoms with Crippen LogP contribution >= 0.6 is 0 Å². The molecule has 0 atom stereocenters. The number of carbonyl (C=O) groups excluding carboxylic acids is 1. The molecule has 4 aromatic rings. The molecular formula is C23H18N4O5. The molecule has 3 aromatic carbocycles. The highest BCUT2D eigenvalue weighted by Crippen LogP contribution is 2.37. The predicted octanol–water partition coefficient (Wildman–Crippen LogP) is 5.30. The van der Waals surface area contributed by atoms with Crippen molar-refractivity contribution >= 4 is 28.2 Å². The van der Waals surface area contributed by atoms with Gasteiger partial charge in [0.1, 0.15) is 12.4 Å². The Bertz CT molecular complexity index is 1330. The number of nitro benzene ring substituents is 1. The second-order valence-corrected chi connectivity index (χ2v) is 6.99. The van der Waals surface area contributed by atoms with Crippen molar-refractivity contribution in [3.63, 3.8) is 0 Å². The molecule has 0 unspecified atom stereocenters. The van der Waals surface area contributed by atoms with Crippen LogP contribution in [0.1, 0.15) is 15.9 Å². The Balaban J connectivity index is 1.42. The van der Waals surface area contributed by atoms with Crippen LogP contribution in [0.4, 0.5) is 11.4 Å². The topological polar surface area (TPSA) is 119 Å². The first kappa shape index (κ1) is 20.7. The number of carbonyl (C=O) groups is 1. The molecule has 0 aliphatic rings. The van der Waals surface area contributed by atoms with Gasteiger partial charge in [-0.1, -0.05) is 30.3 Å². The summed E-state index contributed by atoms with van der Waals surface area (Å²) in [6.45, 7) is 0.234. The van der Waals surface area contributed by atoms with Crippen molar-refractivity contribution in [1.29, 1.82) is 0 Å². The minimum atomic E-state index is -0.542. The Kier molecular flexibility index (Phi) is 5.63. The van der Waals surface area contributed by atoms with Gasteiger partial charge in [-0.2, -0.15) is 0 Å². The number of hydrogen-bond donors (Lipinski definition) is 1. The normalized spacial score (nSPS) is 11.2. The minimum absolute atomic E-state index is 0.00815. The van der Waals surface area contributed by atoms with Crippen molar-refractivity contribution in [3.05, 3.63) is 94.0 Å². The number of aromatic hydroxyl groups is 1. The van der Waals surface area contributed by atoms with Crippen LogP contribution in [0.15, 0.2) is 83.0 Å². The van der Waals surface area contributed by atoms with Crippen molar-refractivity contribution in [2.45, 2.75) is 6.61 Å². The Morgan fingerprint density at radius 1 is 1.06 bits per heavy atom. The number of amides is 1. The summed E-state index contributed by atoms with van der Waals surface area (Å²) < 4.78 is 7.19. The molecule has 160 valence electrons. The number of non-ortho nitro benzene ring substituents is 1. The molecule has 0 saturated carbocycles. The maximum Gasteiger partial charge on any atom is 0.295 e. The number of rotatable bonds is 6. The van der Waals surface area contributed by atoms with Crippen LogP contribution in [0.2, 0.25) is 0 Å². The van der Waals surface area contributed by atoms with Crippen LogP contribution in [0.5, 0.6) is 11.6 Å². The highest BCUT2D eigenvalue weighted by molar-refractivity contribution is 5.97. The van der Waals surface area contributed by atoms with E-state index in [0.717, 1.165) is 11.1 Å². The number of benzene rings is 3. The van der Waals surface area contributed by atoms with Crippen molar-refractivity contribution in [1.82, 2.24) is 4.57 Å². The first-order valence-electron chi connectivity index (χ1n) is 9.62. The van der Waals surface area contributed by atoms with Gasteiger partial charge in [-0.3, -0.25) is 14.9 Å². The molecule has 32 heavy (non-hydrogen) atoms. The number of nitro groups is 1. The van der Waals surface area contributed by atoms with Crippen molar-refractivity contribution in [2.24, 2.45) is 17.3 Å². The first-order valence-corrected chi connectivity index (χ1v) is 9.62. The molecule has 1 amide bonds. The summed E-state index contributed by atoms with van der Waals surface area (Å²) in [7, 11) is 1.70. The highest BCUT2D eigenvalue weighted by Gasteiger charge is 2.14. The molecule has 0 radical (unpaired) electrons. The van der Waals surface area contributed by atoms with Gasteiger partial charge in [-0.05, 0) is 35.9 Å². The number of azo groups is 1. The number of aromatic nitrogens is 1. The zero-order valence-electron chi connectivity index (χ0n) is 17.0. The highest BCUT2D eigenvalue weighted by atomic mass is 16.6. The second kappa shape index (κ2) is 8.68. The standard InChI is InChI=1S/C23H18N4O5/c1-26-20-5-3-2-4-19(20)21(23(26)29)24-25-22(28)16-8-6-15(7-9-16)14-32-18-12-10-17(11-13-18)27(30)31/h2-13,29H,14H2,1H3. The molecule has 0 saturated heterocycles. The van der Waals surface area contributed by atoms with E-state index in [4.69, 9.17) is 4.74 Å². The summed E-state index contributed by atoms with van der Waals surface area (Å²) in [6.07, 6.45) is 0. The summed E-state index contributed by atoms with van der Waals surface area (Å²) in [5.74, 6) is -0.110. The zero-order valence-corrected chi connectivity index (χ0v) is 17.0. The Hall–Kier alpha value is -4.53. The monoisotopic (exact) mass is 430 g/mol. The number of aryl methyl sites for hydroxylation is 1. The lowest BCUT2D eigenvalue weighted by Crippen LogP contribution is -1.98. The molecule has 0 fully saturated rings. The van der Waals surface area contributed by atoms with Gasteiger partial charge in [-0.15, -0.1) is 10.2 Å². The van der Waals surface area contributed by atoms with E-state index in [-0.39, 0.29) is 23.9 Å². The average Bonchev–Trinajstić information content (AvgIpc) is 3.06. The lowest BCUT2D eigenvalue weighted by Gasteiger charge is -2.06. The van der Waals surface area contributed by atoms with E-state index in [0.29, 0.717) is 16.7 Å². The van der Waals surface area contributed by atoms with Gasteiger partial charge in [0.25, 0.3) is 11.6 Å². The third-order valence-electron chi connectivity index (χ3n) is 4.94. The van der Waals surface area contributed by atoms with Gasteiger partial charge in [0.05, 0.1) is 10.4 Å². The van der Waals surface area contributed by atoms with E-state index < -0.39 is 10.8 Å². The quantitative estimate of drug-likeness (QED) is 0.253. The molecule has 0 aliphatic heterocycles. The molecule has 9 heteroatoms. The van der Waals surface area contributed by atoms with E-state index in [1.807, 2.05) is 18.2 Å². The average molecular weight is 430 g/mol. The number of hydrogen-bond acceptors (Lipinski definition) is 6. The molecule has 1 N–H and O–H groups in total. The van der Waals surface area contributed by atoms with Gasteiger partial charge >= 0.3 is 0 Å². The molecule has 0 spiro atoms. The molecule has 1 aromatic heterocycles. The number of nitrogens with zero attached hydrogens (tertiary/aromatic N) is 4. The van der Waals surface area contributed by atoms with Crippen LogP contribution < -0.4 is 4.74 Å². The molecule has 0 aliphatic carbocycles. The smallest absolute Gasteiger partial charge is 0.295 e. The summed E-state index contributed by atoms with van der Waals surface area (Å²) >= 11 is 0. The van der Waals surface area contributed by atoms with Gasteiger partial charge in [0.2, 0.25) is 5.88 Å². The summed E-state index contributed by atoms with van der Waals surface area (Å²) in [5.41, 5.74) is 2.16. The maximum atomic E-state index is 12.4. The van der Waals surface area contributed by atoms with Crippen LogP contribution in [-0.4, -0.2) is 20.5 Å². The lowest BCUT2D eigenvalue weighted by molar-refractivity contribution is -0.384. The van der Waals surface area contributed by atoms with Crippen molar-refractivity contribution < 1.29 is 19.6 Å². The van der Waals surface area contributed by atoms with E-state index in [2.05, 4.69) is 10.2 Å². The summed E-state index contributed by atoms with van der Waals surface area (Å²) in [5, 5.41) is 29.4. The fourth-order valence-corrected chi connectivity index (χ4v) is 3.19. The van der Waals surface area contributed by atoms with E-state index in [9.17, 15) is 20.0 Å². The van der Waals surface area contributed by atoms with Crippen LogP contribution in [-0.2, 0) is 13.7 Å². The van der Waals surface area contributed by atoms with Gasteiger partial charge in [0, 0.05) is 30.1 Å². The van der Waals surface area contributed by atoms with Gasteiger partial charge in [0.15, 0.2) is 5.69 Å². The fourth-order valence-electron chi connectivity index (χ4n) is 3.19.